The first-order valence-corrected chi connectivity index (χ1v) is 9.00. The van der Waals surface area contributed by atoms with E-state index >= 15 is 0 Å². The number of rotatable bonds is 4. The summed E-state index contributed by atoms with van der Waals surface area (Å²) in [6.07, 6.45) is 2.04. The van der Waals surface area contributed by atoms with E-state index in [0.717, 1.165) is 4.31 Å². The number of nitriles is 1. The monoisotopic (exact) mass is 359 g/mol. The van der Waals surface area contributed by atoms with Crippen molar-refractivity contribution in [1.82, 2.24) is 9.29 Å². The largest absolute Gasteiger partial charge is 0.398 e. The van der Waals surface area contributed by atoms with Gasteiger partial charge in [0.05, 0.1) is 22.8 Å². The molecule has 0 saturated heterocycles. The Balaban J connectivity index is 1.96. The van der Waals surface area contributed by atoms with Crippen LogP contribution < -0.4 is 11.1 Å². The van der Waals surface area contributed by atoms with Crippen LogP contribution in [-0.2, 0) is 14.8 Å². The van der Waals surface area contributed by atoms with Crippen molar-refractivity contribution in [2.24, 2.45) is 11.8 Å². The van der Waals surface area contributed by atoms with Gasteiger partial charge in [-0.2, -0.15) is 5.26 Å². The summed E-state index contributed by atoms with van der Waals surface area (Å²) in [5.74, 6) is -0.524. The molecular formula is C16H17N5O3S. The first-order chi connectivity index (χ1) is 11.7. The number of nitrogens with zero attached hydrogens (tertiary/aromatic N) is 3. The summed E-state index contributed by atoms with van der Waals surface area (Å²) in [7, 11) is -0.752. The highest BCUT2D eigenvalue weighted by atomic mass is 32.2. The van der Waals surface area contributed by atoms with Gasteiger partial charge in [0.2, 0.25) is 15.9 Å². The van der Waals surface area contributed by atoms with E-state index in [1.807, 2.05) is 0 Å². The summed E-state index contributed by atoms with van der Waals surface area (Å²) in [6.45, 7) is 0. The predicted octanol–water partition coefficient (Wildman–Crippen LogP) is 1.17. The van der Waals surface area contributed by atoms with Gasteiger partial charge in [-0.15, -0.1) is 0 Å². The SMILES string of the molecule is CN(C)S(=O)(=O)c1cc(N)c2cnc(NC(=O)C3CC3C#N)cc2c1. The molecule has 130 valence electrons. The first-order valence-electron chi connectivity index (χ1n) is 7.56. The molecule has 1 saturated carbocycles. The quantitative estimate of drug-likeness (QED) is 0.788. The van der Waals surface area contributed by atoms with Crippen molar-refractivity contribution in [2.75, 3.05) is 25.1 Å². The molecule has 2 unspecified atom stereocenters. The predicted molar refractivity (Wildman–Crippen MR) is 92.9 cm³/mol. The molecule has 1 aromatic carbocycles. The smallest absolute Gasteiger partial charge is 0.242 e. The van der Waals surface area contributed by atoms with E-state index in [9.17, 15) is 13.2 Å². The van der Waals surface area contributed by atoms with Gasteiger partial charge in [0.1, 0.15) is 5.82 Å². The fraction of sp³-hybridized carbons (Fsp3) is 0.312. The minimum Gasteiger partial charge on any atom is -0.398 e. The Bertz CT molecular complexity index is 1010. The van der Waals surface area contributed by atoms with Crippen LogP contribution in [0, 0.1) is 23.2 Å². The second-order valence-corrected chi connectivity index (χ2v) is 8.31. The Morgan fingerprint density at radius 1 is 1.40 bits per heavy atom. The summed E-state index contributed by atoms with van der Waals surface area (Å²) in [5.41, 5.74) is 6.24. The highest BCUT2D eigenvalue weighted by molar-refractivity contribution is 7.89. The Labute approximate surface area is 145 Å². The molecular weight excluding hydrogens is 342 g/mol. The lowest BCUT2D eigenvalue weighted by Gasteiger charge is -2.13. The molecule has 2 atom stereocenters. The Morgan fingerprint density at radius 2 is 2.12 bits per heavy atom. The maximum Gasteiger partial charge on any atom is 0.242 e. The Kier molecular flexibility index (Phi) is 4.10. The van der Waals surface area contributed by atoms with Crippen molar-refractivity contribution < 1.29 is 13.2 Å². The van der Waals surface area contributed by atoms with E-state index in [2.05, 4.69) is 16.4 Å². The van der Waals surface area contributed by atoms with E-state index in [0.29, 0.717) is 23.0 Å². The summed E-state index contributed by atoms with van der Waals surface area (Å²) in [4.78, 5) is 16.2. The number of anilines is 2. The van der Waals surface area contributed by atoms with Crippen molar-refractivity contribution in [2.45, 2.75) is 11.3 Å². The highest BCUT2D eigenvalue weighted by Crippen LogP contribution is 2.38. The van der Waals surface area contributed by atoms with Crippen molar-refractivity contribution in [3.8, 4) is 6.07 Å². The molecule has 0 bridgehead atoms. The van der Waals surface area contributed by atoms with E-state index in [1.54, 1.807) is 6.07 Å². The van der Waals surface area contributed by atoms with Crippen LogP contribution in [0.4, 0.5) is 11.5 Å². The zero-order valence-electron chi connectivity index (χ0n) is 13.7. The van der Waals surface area contributed by atoms with E-state index in [1.165, 1.54) is 32.4 Å². The van der Waals surface area contributed by atoms with Gasteiger partial charge < -0.3 is 11.1 Å². The van der Waals surface area contributed by atoms with Gasteiger partial charge >= 0.3 is 0 Å². The number of hydrogen-bond acceptors (Lipinski definition) is 6. The summed E-state index contributed by atoms with van der Waals surface area (Å²) < 4.78 is 25.7. The van der Waals surface area contributed by atoms with Crippen LogP contribution in [0.1, 0.15) is 6.42 Å². The van der Waals surface area contributed by atoms with Crippen LogP contribution in [-0.4, -0.2) is 37.7 Å². The third kappa shape index (κ3) is 3.14. The van der Waals surface area contributed by atoms with Crippen LogP contribution in [0.15, 0.2) is 29.3 Å². The average molecular weight is 359 g/mol. The van der Waals surface area contributed by atoms with Crippen molar-refractivity contribution in [1.29, 1.82) is 5.26 Å². The number of carbonyl (C=O) groups excluding carboxylic acids is 1. The molecule has 0 spiro atoms. The van der Waals surface area contributed by atoms with E-state index in [-0.39, 0.29) is 28.3 Å². The molecule has 1 aromatic heterocycles. The number of aromatic nitrogens is 1. The fourth-order valence-electron chi connectivity index (χ4n) is 2.53. The van der Waals surface area contributed by atoms with Crippen LogP contribution >= 0.6 is 0 Å². The third-order valence-corrected chi connectivity index (χ3v) is 5.96. The van der Waals surface area contributed by atoms with E-state index < -0.39 is 10.0 Å². The highest BCUT2D eigenvalue weighted by Gasteiger charge is 2.43. The third-order valence-electron chi connectivity index (χ3n) is 4.17. The number of fused-ring (bicyclic) bond motifs is 1. The number of pyridine rings is 1. The second kappa shape index (κ2) is 5.98. The van der Waals surface area contributed by atoms with Gasteiger partial charge in [0, 0.05) is 31.4 Å². The number of sulfonamides is 1. The summed E-state index contributed by atoms with van der Waals surface area (Å²) >= 11 is 0. The molecule has 2 aromatic rings. The molecule has 1 amide bonds. The molecule has 1 aliphatic carbocycles. The standard InChI is InChI=1S/C16H17N5O3S/c1-21(2)25(23,24)11-3-9-5-15(19-8-13(9)14(18)6-11)20-16(22)12-4-10(12)7-17/h3,5-6,8,10,12H,4,18H2,1-2H3,(H,19,20,22). The van der Waals surface area contributed by atoms with Crippen LogP contribution in [0.3, 0.4) is 0 Å². The summed E-state index contributed by atoms with van der Waals surface area (Å²) in [6, 6.07) is 6.51. The Morgan fingerprint density at radius 3 is 2.72 bits per heavy atom. The van der Waals surface area contributed by atoms with Crippen molar-refractivity contribution >= 4 is 38.2 Å². The number of nitrogens with one attached hydrogen (secondary N) is 1. The van der Waals surface area contributed by atoms with Gasteiger partial charge in [-0.3, -0.25) is 4.79 Å². The lowest BCUT2D eigenvalue weighted by molar-refractivity contribution is -0.117. The van der Waals surface area contributed by atoms with Crippen molar-refractivity contribution in [3.63, 3.8) is 0 Å². The lowest BCUT2D eigenvalue weighted by Crippen LogP contribution is -2.22. The molecule has 1 aliphatic rings. The first kappa shape index (κ1) is 17.1. The summed E-state index contributed by atoms with van der Waals surface area (Å²) in [5, 5.41) is 12.6. The zero-order chi connectivity index (χ0) is 18.4. The number of amides is 1. The molecule has 3 rings (SSSR count). The zero-order valence-corrected chi connectivity index (χ0v) is 14.5. The molecule has 3 N–H and O–H groups in total. The van der Waals surface area contributed by atoms with Crippen LogP contribution in [0.5, 0.6) is 0 Å². The molecule has 25 heavy (non-hydrogen) atoms. The number of hydrogen-bond donors (Lipinski definition) is 2. The van der Waals surface area contributed by atoms with Gasteiger partial charge in [-0.05, 0) is 30.0 Å². The maximum atomic E-state index is 12.3. The number of carbonyl (C=O) groups is 1. The normalized spacial score (nSPS) is 19.6. The van der Waals surface area contributed by atoms with Gasteiger partial charge in [0.25, 0.3) is 0 Å². The average Bonchev–Trinajstić information content (AvgIpc) is 3.34. The topological polar surface area (TPSA) is 129 Å². The molecule has 0 radical (unpaired) electrons. The lowest BCUT2D eigenvalue weighted by atomic mass is 10.1. The molecule has 9 heteroatoms. The van der Waals surface area contributed by atoms with Crippen molar-refractivity contribution in [3.05, 3.63) is 24.4 Å². The van der Waals surface area contributed by atoms with Crippen LogP contribution in [0.2, 0.25) is 0 Å². The minimum absolute atomic E-state index is 0.0673. The minimum atomic E-state index is -3.63. The molecule has 0 aliphatic heterocycles. The molecule has 8 nitrogen and oxygen atoms in total. The maximum absolute atomic E-state index is 12.3. The number of nitrogen functional groups attached to an aromatic ring is 1. The van der Waals surface area contributed by atoms with Gasteiger partial charge in [-0.25, -0.2) is 17.7 Å². The molecule has 1 heterocycles. The number of nitrogens with two attached hydrogens (primary N) is 1. The van der Waals surface area contributed by atoms with Gasteiger partial charge in [0.15, 0.2) is 0 Å². The fourth-order valence-corrected chi connectivity index (χ4v) is 3.51. The Hall–Kier alpha value is -2.70. The number of benzene rings is 1. The van der Waals surface area contributed by atoms with E-state index in [4.69, 9.17) is 11.0 Å². The second-order valence-electron chi connectivity index (χ2n) is 6.16. The molecule has 1 fully saturated rings. The van der Waals surface area contributed by atoms with Gasteiger partial charge in [-0.1, -0.05) is 0 Å². The van der Waals surface area contributed by atoms with Crippen LogP contribution in [0.25, 0.3) is 10.8 Å².